The predicted octanol–water partition coefficient (Wildman–Crippen LogP) is 2.21. The van der Waals surface area contributed by atoms with Gasteiger partial charge in [0.05, 0.1) is 5.71 Å². The molecule has 0 rings (SSSR count). The molecule has 0 aromatic rings. The average molecular weight is 123 g/mol. The molecule has 0 radical (unpaired) electrons. The minimum atomic E-state index is 0.970. The lowest BCUT2D eigenvalue weighted by Gasteiger charge is -1.94. The van der Waals surface area contributed by atoms with Crippen molar-refractivity contribution in [2.75, 3.05) is 7.05 Å². The normalized spacial score (nSPS) is 12.6. The fraction of sp³-hybridized carbons (Fsp3) is 0.375. The van der Waals surface area contributed by atoms with E-state index in [4.69, 9.17) is 0 Å². The van der Waals surface area contributed by atoms with E-state index in [1.165, 1.54) is 0 Å². The molecule has 50 valence electrons. The SMILES string of the molecule is C=C(C)C(C=CC)=NC. The van der Waals surface area contributed by atoms with Crippen LogP contribution in [0.1, 0.15) is 13.8 Å². The first-order chi connectivity index (χ1) is 4.22. The number of aliphatic imine (C=N–C) groups is 1. The van der Waals surface area contributed by atoms with Crippen LogP contribution in [0.3, 0.4) is 0 Å². The largest absolute Gasteiger partial charge is 0.288 e. The van der Waals surface area contributed by atoms with Crippen LogP contribution in [0, 0.1) is 0 Å². The van der Waals surface area contributed by atoms with Crippen LogP contribution in [-0.2, 0) is 0 Å². The zero-order valence-electron chi connectivity index (χ0n) is 6.31. The summed E-state index contributed by atoms with van der Waals surface area (Å²) in [7, 11) is 1.77. The summed E-state index contributed by atoms with van der Waals surface area (Å²) in [6.07, 6.45) is 3.90. The van der Waals surface area contributed by atoms with E-state index in [2.05, 4.69) is 11.6 Å². The molecule has 0 aliphatic carbocycles. The van der Waals surface area contributed by atoms with Crippen LogP contribution in [-0.4, -0.2) is 12.8 Å². The van der Waals surface area contributed by atoms with Gasteiger partial charge in [-0.3, -0.25) is 4.99 Å². The summed E-state index contributed by atoms with van der Waals surface area (Å²) >= 11 is 0. The molecule has 0 fully saturated rings. The van der Waals surface area contributed by atoms with E-state index in [0.29, 0.717) is 0 Å². The Hall–Kier alpha value is -0.850. The second kappa shape index (κ2) is 4.07. The fourth-order valence-electron chi connectivity index (χ4n) is 0.566. The Balaban J connectivity index is 4.19. The first kappa shape index (κ1) is 8.15. The minimum absolute atomic E-state index is 0.970. The van der Waals surface area contributed by atoms with Gasteiger partial charge in [-0.2, -0.15) is 0 Å². The molecule has 0 heterocycles. The number of hydrogen-bond donors (Lipinski definition) is 0. The quantitative estimate of drug-likeness (QED) is 0.499. The molecular weight excluding hydrogens is 110 g/mol. The van der Waals surface area contributed by atoms with Crippen LogP contribution in [0.2, 0.25) is 0 Å². The highest BCUT2D eigenvalue weighted by atomic mass is 14.7. The van der Waals surface area contributed by atoms with Crippen LogP contribution >= 0.6 is 0 Å². The molecule has 0 aliphatic heterocycles. The van der Waals surface area contributed by atoms with Crippen molar-refractivity contribution in [2.45, 2.75) is 13.8 Å². The van der Waals surface area contributed by atoms with Crippen LogP contribution < -0.4 is 0 Å². The lowest BCUT2D eigenvalue weighted by atomic mass is 10.2. The molecule has 0 saturated carbocycles. The third kappa shape index (κ3) is 2.85. The van der Waals surface area contributed by atoms with Gasteiger partial charge in [0, 0.05) is 7.05 Å². The Kier molecular flexibility index (Phi) is 3.69. The summed E-state index contributed by atoms with van der Waals surface area (Å²) < 4.78 is 0. The molecule has 0 aromatic carbocycles. The minimum Gasteiger partial charge on any atom is -0.288 e. The van der Waals surface area contributed by atoms with E-state index in [1.807, 2.05) is 26.0 Å². The van der Waals surface area contributed by atoms with Gasteiger partial charge < -0.3 is 0 Å². The van der Waals surface area contributed by atoms with Crippen molar-refractivity contribution in [1.82, 2.24) is 0 Å². The standard InChI is InChI=1S/C8H13N/c1-5-6-8(9-4)7(2)3/h5-6H,2H2,1,3-4H3. The highest BCUT2D eigenvalue weighted by Crippen LogP contribution is 1.93. The summed E-state index contributed by atoms with van der Waals surface area (Å²) in [5.74, 6) is 0. The molecule has 0 unspecified atom stereocenters. The smallest absolute Gasteiger partial charge is 0.0590 e. The van der Waals surface area contributed by atoms with E-state index < -0.39 is 0 Å². The monoisotopic (exact) mass is 123 g/mol. The van der Waals surface area contributed by atoms with Gasteiger partial charge in [-0.1, -0.05) is 12.7 Å². The lowest BCUT2D eigenvalue weighted by Crippen LogP contribution is -1.92. The molecule has 0 atom stereocenters. The van der Waals surface area contributed by atoms with E-state index in [0.717, 1.165) is 11.3 Å². The van der Waals surface area contributed by atoms with Crippen molar-refractivity contribution in [1.29, 1.82) is 0 Å². The molecule has 0 aliphatic rings. The first-order valence-corrected chi connectivity index (χ1v) is 2.97. The van der Waals surface area contributed by atoms with Crippen LogP contribution in [0.15, 0.2) is 29.3 Å². The molecule has 0 spiro atoms. The molecule has 0 saturated heterocycles. The van der Waals surface area contributed by atoms with Gasteiger partial charge >= 0.3 is 0 Å². The topological polar surface area (TPSA) is 12.4 Å². The lowest BCUT2D eigenvalue weighted by molar-refractivity contribution is 1.42. The number of rotatable bonds is 2. The Morgan fingerprint density at radius 1 is 1.56 bits per heavy atom. The van der Waals surface area contributed by atoms with Gasteiger partial charge in [-0.25, -0.2) is 0 Å². The van der Waals surface area contributed by atoms with Gasteiger partial charge in [-0.05, 0) is 25.5 Å². The fourth-order valence-corrected chi connectivity index (χ4v) is 0.566. The third-order valence-electron chi connectivity index (χ3n) is 1.00. The van der Waals surface area contributed by atoms with Crippen molar-refractivity contribution in [3.63, 3.8) is 0 Å². The van der Waals surface area contributed by atoms with E-state index in [1.54, 1.807) is 7.05 Å². The number of allylic oxidation sites excluding steroid dienone is 3. The van der Waals surface area contributed by atoms with Crippen molar-refractivity contribution in [3.05, 3.63) is 24.3 Å². The van der Waals surface area contributed by atoms with Gasteiger partial charge in [0.15, 0.2) is 0 Å². The molecule has 0 amide bonds. The maximum Gasteiger partial charge on any atom is 0.0590 e. The highest BCUT2D eigenvalue weighted by molar-refractivity contribution is 6.07. The van der Waals surface area contributed by atoms with Crippen molar-refractivity contribution < 1.29 is 0 Å². The van der Waals surface area contributed by atoms with E-state index in [9.17, 15) is 0 Å². The zero-order valence-corrected chi connectivity index (χ0v) is 6.31. The van der Waals surface area contributed by atoms with Crippen LogP contribution in [0.4, 0.5) is 0 Å². The molecular formula is C8H13N. The van der Waals surface area contributed by atoms with Crippen molar-refractivity contribution in [2.24, 2.45) is 4.99 Å². The Morgan fingerprint density at radius 3 is 2.22 bits per heavy atom. The third-order valence-corrected chi connectivity index (χ3v) is 1.00. The van der Waals surface area contributed by atoms with Crippen molar-refractivity contribution in [3.8, 4) is 0 Å². The summed E-state index contributed by atoms with van der Waals surface area (Å²) in [5.41, 5.74) is 1.98. The highest BCUT2D eigenvalue weighted by Gasteiger charge is 1.88. The predicted molar refractivity (Wildman–Crippen MR) is 43.0 cm³/mol. The second-order valence-electron chi connectivity index (χ2n) is 1.89. The maximum absolute atomic E-state index is 4.01. The molecule has 0 N–H and O–H groups in total. The van der Waals surface area contributed by atoms with Gasteiger partial charge in [0.2, 0.25) is 0 Å². The Morgan fingerprint density at radius 2 is 2.11 bits per heavy atom. The Bertz CT molecular complexity index is 152. The molecule has 0 bridgehead atoms. The van der Waals surface area contributed by atoms with E-state index >= 15 is 0 Å². The van der Waals surface area contributed by atoms with Gasteiger partial charge in [-0.15, -0.1) is 0 Å². The summed E-state index contributed by atoms with van der Waals surface area (Å²) in [6.45, 7) is 7.68. The second-order valence-corrected chi connectivity index (χ2v) is 1.89. The summed E-state index contributed by atoms with van der Waals surface area (Å²) in [5, 5.41) is 0. The van der Waals surface area contributed by atoms with Crippen LogP contribution in [0.5, 0.6) is 0 Å². The number of nitrogens with zero attached hydrogens (tertiary/aromatic N) is 1. The molecule has 0 aromatic heterocycles. The summed E-state index contributed by atoms with van der Waals surface area (Å²) in [4.78, 5) is 4.01. The maximum atomic E-state index is 4.01. The molecule has 1 heteroatoms. The van der Waals surface area contributed by atoms with E-state index in [-0.39, 0.29) is 0 Å². The Labute approximate surface area is 56.8 Å². The summed E-state index contributed by atoms with van der Waals surface area (Å²) in [6, 6.07) is 0. The van der Waals surface area contributed by atoms with Crippen molar-refractivity contribution >= 4 is 5.71 Å². The molecule has 9 heavy (non-hydrogen) atoms. The average Bonchev–Trinajstić information content (AvgIpc) is 1.82. The van der Waals surface area contributed by atoms with Crippen LogP contribution in [0.25, 0.3) is 0 Å². The zero-order chi connectivity index (χ0) is 7.28. The van der Waals surface area contributed by atoms with Gasteiger partial charge in [0.1, 0.15) is 0 Å². The first-order valence-electron chi connectivity index (χ1n) is 2.97. The number of hydrogen-bond acceptors (Lipinski definition) is 1. The van der Waals surface area contributed by atoms with Gasteiger partial charge in [0.25, 0.3) is 0 Å². The molecule has 1 nitrogen and oxygen atoms in total.